The van der Waals surface area contributed by atoms with Crippen LogP contribution in [0.25, 0.3) is 28.0 Å². The van der Waals surface area contributed by atoms with Crippen molar-refractivity contribution in [2.24, 2.45) is 11.7 Å². The molecule has 3 heterocycles. The summed E-state index contributed by atoms with van der Waals surface area (Å²) in [6, 6.07) is 15.9. The lowest BCUT2D eigenvalue weighted by atomic mass is 9.75. The van der Waals surface area contributed by atoms with E-state index in [1.54, 1.807) is 35.1 Å². The van der Waals surface area contributed by atoms with Gasteiger partial charge in [-0.2, -0.15) is 5.10 Å². The molecule has 31 heavy (non-hydrogen) atoms. The van der Waals surface area contributed by atoms with Crippen LogP contribution in [0.1, 0.15) is 30.3 Å². The topological polar surface area (TPSA) is 69.6 Å². The van der Waals surface area contributed by atoms with Crippen LogP contribution >= 0.6 is 0 Å². The predicted molar refractivity (Wildman–Crippen MR) is 112 cm³/mol. The lowest BCUT2D eigenvalue weighted by Gasteiger charge is -2.38. The Morgan fingerprint density at radius 2 is 1.87 bits per heavy atom. The second-order valence-electron chi connectivity index (χ2n) is 7.95. The molecule has 5 nitrogen and oxygen atoms in total. The van der Waals surface area contributed by atoms with Gasteiger partial charge in [-0.1, -0.05) is 24.3 Å². The summed E-state index contributed by atoms with van der Waals surface area (Å²) in [6.07, 6.45) is 1.33. The molecule has 1 saturated carbocycles. The fraction of sp³-hybridized carbons (Fsp3) is 0.261. The molecule has 5 rings (SSSR count). The van der Waals surface area contributed by atoms with Crippen molar-refractivity contribution in [3.63, 3.8) is 0 Å². The third-order valence-electron chi connectivity index (χ3n) is 5.75. The fourth-order valence-electron chi connectivity index (χ4n) is 4.02. The van der Waals surface area contributed by atoms with E-state index in [4.69, 9.17) is 5.73 Å². The van der Waals surface area contributed by atoms with Crippen molar-refractivity contribution in [1.29, 1.82) is 0 Å². The molecule has 1 aliphatic rings. The molecule has 0 saturated heterocycles. The van der Waals surface area contributed by atoms with E-state index in [1.165, 1.54) is 0 Å². The van der Waals surface area contributed by atoms with Crippen molar-refractivity contribution in [2.45, 2.75) is 31.5 Å². The summed E-state index contributed by atoms with van der Waals surface area (Å²) in [6.45, 7) is -0.651. The van der Waals surface area contributed by atoms with Crippen LogP contribution < -0.4 is 5.73 Å². The SMILES string of the molecule is N[C@H](c1cccc(-c2ccc3cnn(-c4cccc(CF)n4)c3c2)n1)C1CC(F)(F)C1. The second-order valence-corrected chi connectivity index (χ2v) is 7.95. The number of benzene rings is 1. The Balaban J connectivity index is 1.50. The van der Waals surface area contributed by atoms with Crippen molar-refractivity contribution in [1.82, 2.24) is 19.7 Å². The molecule has 1 aromatic carbocycles. The van der Waals surface area contributed by atoms with Crippen LogP contribution in [0.3, 0.4) is 0 Å². The van der Waals surface area contributed by atoms with Crippen LogP contribution in [0.15, 0.2) is 60.8 Å². The van der Waals surface area contributed by atoms with Crippen molar-refractivity contribution in [3.05, 3.63) is 72.2 Å². The predicted octanol–water partition coefficient (Wildman–Crippen LogP) is 5.00. The van der Waals surface area contributed by atoms with Crippen molar-refractivity contribution >= 4 is 10.9 Å². The van der Waals surface area contributed by atoms with E-state index in [0.717, 1.165) is 16.5 Å². The lowest BCUT2D eigenvalue weighted by molar-refractivity contribution is -0.117. The molecule has 4 aromatic rings. The number of fused-ring (bicyclic) bond motifs is 1. The standard InChI is InChI=1S/C23H20F3N5/c24-12-17-3-1-6-21(29-17)31-20-9-14(7-8-15(20)13-28-31)18-4-2-5-19(30-18)22(27)16-10-23(25,26)11-16/h1-9,13,16,22H,10-12,27H2/t22-/m0/s1. The Labute approximate surface area is 176 Å². The van der Waals surface area contributed by atoms with Crippen LogP contribution in [0, 0.1) is 5.92 Å². The third kappa shape index (κ3) is 3.67. The normalized spacial score (nSPS) is 16.9. The van der Waals surface area contributed by atoms with Crippen LogP contribution in [-0.2, 0) is 6.67 Å². The molecule has 1 fully saturated rings. The molecule has 1 atom stereocenters. The zero-order valence-electron chi connectivity index (χ0n) is 16.5. The van der Waals surface area contributed by atoms with Crippen LogP contribution in [0.5, 0.6) is 0 Å². The average Bonchev–Trinajstić information content (AvgIpc) is 3.20. The first kappa shape index (κ1) is 19.7. The van der Waals surface area contributed by atoms with Gasteiger partial charge in [0.2, 0.25) is 5.92 Å². The minimum absolute atomic E-state index is 0.198. The highest BCUT2D eigenvalue weighted by Crippen LogP contribution is 2.47. The van der Waals surface area contributed by atoms with Crippen LogP contribution in [-0.4, -0.2) is 25.7 Å². The van der Waals surface area contributed by atoms with Gasteiger partial charge >= 0.3 is 0 Å². The van der Waals surface area contributed by atoms with Crippen molar-refractivity contribution in [3.8, 4) is 17.1 Å². The Morgan fingerprint density at radius 3 is 2.65 bits per heavy atom. The number of rotatable bonds is 5. The van der Waals surface area contributed by atoms with Gasteiger partial charge in [0.05, 0.1) is 34.8 Å². The van der Waals surface area contributed by atoms with Crippen molar-refractivity contribution < 1.29 is 13.2 Å². The zero-order valence-corrected chi connectivity index (χ0v) is 16.5. The van der Waals surface area contributed by atoms with Gasteiger partial charge in [-0.05, 0) is 36.2 Å². The minimum Gasteiger partial charge on any atom is -0.322 e. The molecule has 0 spiro atoms. The molecule has 1 aliphatic carbocycles. The Kier molecular flexibility index (Phi) is 4.74. The molecule has 3 aromatic heterocycles. The van der Waals surface area contributed by atoms with E-state index < -0.39 is 18.6 Å². The maximum absolute atomic E-state index is 13.2. The lowest BCUT2D eigenvalue weighted by Crippen LogP contribution is -2.41. The molecule has 0 aliphatic heterocycles. The van der Waals surface area contributed by atoms with E-state index in [9.17, 15) is 13.2 Å². The summed E-state index contributed by atoms with van der Waals surface area (Å²) >= 11 is 0. The van der Waals surface area contributed by atoms with E-state index in [1.807, 2.05) is 30.3 Å². The summed E-state index contributed by atoms with van der Waals surface area (Å²) in [7, 11) is 0. The molecule has 0 unspecified atom stereocenters. The first-order valence-corrected chi connectivity index (χ1v) is 10.0. The number of aromatic nitrogens is 4. The van der Waals surface area contributed by atoms with E-state index >= 15 is 0 Å². The summed E-state index contributed by atoms with van der Waals surface area (Å²) in [4.78, 5) is 8.95. The van der Waals surface area contributed by atoms with Gasteiger partial charge in [0.1, 0.15) is 6.67 Å². The largest absolute Gasteiger partial charge is 0.322 e. The highest BCUT2D eigenvalue weighted by Gasteiger charge is 2.48. The molecule has 2 N–H and O–H groups in total. The number of hydrogen-bond acceptors (Lipinski definition) is 4. The van der Waals surface area contributed by atoms with Crippen LogP contribution in [0.2, 0.25) is 0 Å². The Bertz CT molecular complexity index is 1240. The second kappa shape index (κ2) is 7.46. The number of nitrogens with zero attached hydrogens (tertiary/aromatic N) is 4. The van der Waals surface area contributed by atoms with Gasteiger partial charge < -0.3 is 5.73 Å². The van der Waals surface area contributed by atoms with Gasteiger partial charge in [-0.15, -0.1) is 0 Å². The van der Waals surface area contributed by atoms with Gasteiger partial charge in [-0.25, -0.2) is 22.8 Å². The number of hydrogen-bond donors (Lipinski definition) is 1. The number of pyridine rings is 2. The van der Waals surface area contributed by atoms with E-state index in [2.05, 4.69) is 15.1 Å². The maximum Gasteiger partial charge on any atom is 0.248 e. The molecule has 158 valence electrons. The molecule has 0 radical (unpaired) electrons. The van der Waals surface area contributed by atoms with Crippen molar-refractivity contribution in [2.75, 3.05) is 0 Å². The molecule has 0 amide bonds. The first-order valence-electron chi connectivity index (χ1n) is 10.0. The van der Waals surface area contributed by atoms with E-state index in [-0.39, 0.29) is 18.8 Å². The number of nitrogens with two attached hydrogens (primary N) is 1. The number of halogens is 3. The number of alkyl halides is 3. The van der Waals surface area contributed by atoms with Gasteiger partial charge in [0.15, 0.2) is 5.82 Å². The molecular weight excluding hydrogens is 403 g/mol. The fourth-order valence-corrected chi connectivity index (χ4v) is 4.02. The highest BCUT2D eigenvalue weighted by atomic mass is 19.3. The Hall–Kier alpha value is -3.26. The highest BCUT2D eigenvalue weighted by molar-refractivity contribution is 5.84. The summed E-state index contributed by atoms with van der Waals surface area (Å²) in [5, 5.41) is 5.30. The summed E-state index contributed by atoms with van der Waals surface area (Å²) in [5.74, 6) is -2.36. The molecular formula is C23H20F3N5. The van der Waals surface area contributed by atoms with Gasteiger partial charge in [0.25, 0.3) is 0 Å². The average molecular weight is 423 g/mol. The molecule has 0 bridgehead atoms. The van der Waals surface area contributed by atoms with E-state index in [0.29, 0.717) is 22.9 Å². The molecule has 8 heteroatoms. The smallest absolute Gasteiger partial charge is 0.248 e. The zero-order chi connectivity index (χ0) is 21.6. The van der Waals surface area contributed by atoms with Gasteiger partial charge in [-0.3, -0.25) is 4.98 Å². The van der Waals surface area contributed by atoms with Crippen LogP contribution in [0.4, 0.5) is 13.2 Å². The monoisotopic (exact) mass is 423 g/mol. The van der Waals surface area contributed by atoms with Gasteiger partial charge in [0, 0.05) is 23.8 Å². The summed E-state index contributed by atoms with van der Waals surface area (Å²) < 4.78 is 41.2. The third-order valence-corrected chi connectivity index (χ3v) is 5.75. The summed E-state index contributed by atoms with van der Waals surface area (Å²) in [5.41, 5.74) is 9.49. The quantitative estimate of drug-likeness (QED) is 0.491. The maximum atomic E-state index is 13.2. The Morgan fingerprint density at radius 1 is 1.06 bits per heavy atom. The minimum atomic E-state index is -2.61. The first-order chi connectivity index (χ1) is 14.9.